The van der Waals surface area contributed by atoms with Crippen LogP contribution in [0.4, 0.5) is 0 Å². The Kier molecular flexibility index (Phi) is 9.29. The summed E-state index contributed by atoms with van der Waals surface area (Å²) >= 11 is 0. The van der Waals surface area contributed by atoms with Gasteiger partial charge in [0.15, 0.2) is 0 Å². The molecule has 6 heteroatoms. The van der Waals surface area contributed by atoms with Crippen LogP contribution in [0.2, 0.25) is 0 Å². The topological polar surface area (TPSA) is 57.6 Å². The van der Waals surface area contributed by atoms with E-state index >= 15 is 0 Å². The highest BCUT2D eigenvalue weighted by Gasteiger charge is 2.36. The van der Waals surface area contributed by atoms with Crippen molar-refractivity contribution >= 4 is 43.6 Å². The van der Waals surface area contributed by atoms with Gasteiger partial charge in [0.2, 0.25) is 5.95 Å². The van der Waals surface area contributed by atoms with Gasteiger partial charge in [0.1, 0.15) is 0 Å². The van der Waals surface area contributed by atoms with Crippen molar-refractivity contribution in [1.29, 1.82) is 0 Å². The summed E-state index contributed by atoms with van der Waals surface area (Å²) in [6, 6.07) is 82.8. The molecule has 0 saturated carbocycles. The number of para-hydroxylation sites is 4. The maximum Gasteiger partial charge on any atom is 0.338 e. The molecule has 72 heavy (non-hydrogen) atoms. The third-order valence-electron chi connectivity index (χ3n) is 14.9. The maximum absolute atomic E-state index is 14.6. The molecule has 1 aliphatic rings. The summed E-state index contributed by atoms with van der Waals surface area (Å²) < 4.78 is 5.92. The lowest BCUT2D eigenvalue weighted by atomic mass is 9.69. The van der Waals surface area contributed by atoms with Gasteiger partial charge in [0.05, 0.1) is 44.8 Å². The fourth-order valence-corrected chi connectivity index (χ4v) is 11.5. The maximum atomic E-state index is 14.6. The minimum absolute atomic E-state index is 0.117. The summed E-state index contributed by atoms with van der Waals surface area (Å²) in [4.78, 5) is 25.7. The van der Waals surface area contributed by atoms with E-state index < -0.39 is 0 Å². The molecular formula is C66H45N5O. The van der Waals surface area contributed by atoms with Gasteiger partial charge in [-0.05, 0) is 110 Å². The van der Waals surface area contributed by atoms with Crippen LogP contribution in [0.15, 0.2) is 241 Å². The molecule has 0 amide bonds. The first-order chi connectivity index (χ1) is 35.4. The van der Waals surface area contributed by atoms with Crippen molar-refractivity contribution < 1.29 is 0 Å². The average molecular weight is 924 g/mol. The summed E-state index contributed by atoms with van der Waals surface area (Å²) in [6.07, 6.45) is 0. The SMILES string of the molecule is CC1(C)c2cc(-c3ccccc3)ccc2-c2nc(-n3c(-c4ccccc4)c(-c4ccc(-c5cc(-n6c(=O)n(-c7ccccc7)c7ccccc76)cc6ccccc56)cc4)c4ccccc43)nc3cccc1c23. The van der Waals surface area contributed by atoms with E-state index in [1.54, 1.807) is 4.57 Å². The first kappa shape index (κ1) is 41.6. The van der Waals surface area contributed by atoms with Crippen molar-refractivity contribution in [2.75, 3.05) is 0 Å². The molecule has 0 aliphatic heterocycles. The first-order valence-corrected chi connectivity index (χ1v) is 24.5. The van der Waals surface area contributed by atoms with Gasteiger partial charge in [-0.15, -0.1) is 0 Å². The standard InChI is InChI=1S/C66H45N5O/c1-66(2)54-28-18-29-56-61(54)62(51-38-37-46(40-55(51)66)42-19-6-3-7-20-42)68-64(67-56)71-57-30-15-14-27-52(57)60(63(71)45-21-8-4-9-22-45)44-35-33-43(34-36-44)53-41-49(39-47-23-12-13-26-50(47)53)70-59-32-17-16-31-58(59)69(65(70)72)48-24-10-5-11-25-48/h3-41H,1-2H3. The molecule has 0 unspecified atom stereocenters. The zero-order chi connectivity index (χ0) is 48.1. The van der Waals surface area contributed by atoms with E-state index in [4.69, 9.17) is 9.97 Å². The normalized spacial score (nSPS) is 12.8. The van der Waals surface area contributed by atoms with Crippen LogP contribution in [0.3, 0.4) is 0 Å². The summed E-state index contributed by atoms with van der Waals surface area (Å²) in [5.41, 5.74) is 18.2. The molecule has 10 aromatic carbocycles. The van der Waals surface area contributed by atoms with E-state index in [2.05, 4.69) is 200 Å². The van der Waals surface area contributed by atoms with E-state index in [9.17, 15) is 4.79 Å². The fourth-order valence-electron chi connectivity index (χ4n) is 11.5. The van der Waals surface area contributed by atoms with Crippen LogP contribution < -0.4 is 5.69 Å². The number of fused-ring (bicyclic) bond motifs is 5. The number of rotatable bonds is 7. The molecule has 0 radical (unpaired) electrons. The second-order valence-corrected chi connectivity index (χ2v) is 19.3. The number of hydrogen-bond donors (Lipinski definition) is 0. The number of benzene rings is 10. The second kappa shape index (κ2) is 16.1. The molecule has 6 nitrogen and oxygen atoms in total. The zero-order valence-corrected chi connectivity index (χ0v) is 39.7. The fraction of sp³-hybridized carbons (Fsp3) is 0.0455. The molecule has 340 valence electrons. The molecule has 0 saturated heterocycles. The van der Waals surface area contributed by atoms with E-state index in [1.165, 1.54) is 22.3 Å². The molecule has 0 atom stereocenters. The zero-order valence-electron chi connectivity index (χ0n) is 39.7. The van der Waals surface area contributed by atoms with Gasteiger partial charge >= 0.3 is 5.69 Å². The lowest BCUT2D eigenvalue weighted by Crippen LogP contribution is -2.24. The van der Waals surface area contributed by atoms with Crippen molar-refractivity contribution in [3.8, 4) is 73.2 Å². The smallest absolute Gasteiger partial charge is 0.277 e. The van der Waals surface area contributed by atoms with Crippen LogP contribution >= 0.6 is 0 Å². The lowest BCUT2D eigenvalue weighted by molar-refractivity contribution is 0.644. The van der Waals surface area contributed by atoms with Crippen LogP contribution in [0.1, 0.15) is 25.0 Å². The highest BCUT2D eigenvalue weighted by atomic mass is 16.1. The lowest BCUT2D eigenvalue weighted by Gasteiger charge is -2.35. The number of imidazole rings is 1. The third kappa shape index (κ3) is 6.32. The van der Waals surface area contributed by atoms with Crippen molar-refractivity contribution in [2.45, 2.75) is 19.3 Å². The van der Waals surface area contributed by atoms with E-state index in [0.717, 1.165) is 99.8 Å². The number of nitrogens with zero attached hydrogens (tertiary/aromatic N) is 5. The summed E-state index contributed by atoms with van der Waals surface area (Å²) in [5, 5.41) is 4.36. The van der Waals surface area contributed by atoms with E-state index in [0.29, 0.717) is 5.95 Å². The van der Waals surface area contributed by atoms with E-state index in [-0.39, 0.29) is 11.1 Å². The molecular weight excluding hydrogens is 879 g/mol. The Morgan fingerprint density at radius 2 is 1.00 bits per heavy atom. The van der Waals surface area contributed by atoms with Crippen LogP contribution in [0.5, 0.6) is 0 Å². The summed E-state index contributed by atoms with van der Waals surface area (Å²) in [5.74, 6) is 0.623. The van der Waals surface area contributed by atoms with Crippen LogP contribution in [0, 0.1) is 0 Å². The number of aromatic nitrogens is 5. The predicted octanol–water partition coefficient (Wildman–Crippen LogP) is 15.8. The Hall–Kier alpha value is -9.39. The monoisotopic (exact) mass is 923 g/mol. The Morgan fingerprint density at radius 3 is 1.74 bits per heavy atom. The minimum atomic E-state index is -0.277. The second-order valence-electron chi connectivity index (χ2n) is 19.3. The molecule has 0 spiro atoms. The third-order valence-corrected chi connectivity index (χ3v) is 14.9. The van der Waals surface area contributed by atoms with Gasteiger partial charge in [0.25, 0.3) is 0 Å². The van der Waals surface area contributed by atoms with Gasteiger partial charge in [-0.1, -0.05) is 196 Å². The van der Waals surface area contributed by atoms with Crippen molar-refractivity contribution in [2.24, 2.45) is 0 Å². The molecule has 3 aromatic heterocycles. The molecule has 13 aromatic rings. The van der Waals surface area contributed by atoms with Crippen molar-refractivity contribution in [3.63, 3.8) is 0 Å². The first-order valence-electron chi connectivity index (χ1n) is 24.5. The van der Waals surface area contributed by atoms with Crippen LogP contribution in [-0.2, 0) is 5.41 Å². The van der Waals surface area contributed by atoms with Gasteiger partial charge < -0.3 is 0 Å². The highest BCUT2D eigenvalue weighted by molar-refractivity contribution is 6.07. The largest absolute Gasteiger partial charge is 0.338 e. The quantitative estimate of drug-likeness (QED) is 0.160. The predicted molar refractivity (Wildman–Crippen MR) is 296 cm³/mol. The van der Waals surface area contributed by atoms with E-state index in [1.807, 2.05) is 59.2 Å². The Morgan fingerprint density at radius 1 is 0.403 bits per heavy atom. The summed E-state index contributed by atoms with van der Waals surface area (Å²) in [7, 11) is 0. The molecule has 14 rings (SSSR count). The Labute approximate surface area is 416 Å². The molecule has 0 fully saturated rings. The molecule has 0 N–H and O–H groups in total. The van der Waals surface area contributed by atoms with Crippen LogP contribution in [-0.4, -0.2) is 23.7 Å². The Balaban J connectivity index is 0.954. The Bertz CT molecular complexity index is 4360. The minimum Gasteiger partial charge on any atom is -0.277 e. The molecule has 1 aliphatic carbocycles. The van der Waals surface area contributed by atoms with Crippen molar-refractivity contribution in [3.05, 3.63) is 258 Å². The number of hydrogen-bond acceptors (Lipinski definition) is 3. The highest BCUT2D eigenvalue weighted by Crippen LogP contribution is 2.50. The van der Waals surface area contributed by atoms with Gasteiger partial charge in [-0.2, -0.15) is 0 Å². The van der Waals surface area contributed by atoms with Gasteiger partial charge in [-0.3, -0.25) is 13.7 Å². The van der Waals surface area contributed by atoms with Crippen LogP contribution in [0.25, 0.3) is 117 Å². The van der Waals surface area contributed by atoms with Gasteiger partial charge in [0, 0.05) is 27.3 Å². The summed E-state index contributed by atoms with van der Waals surface area (Å²) in [6.45, 7) is 4.64. The van der Waals surface area contributed by atoms with Gasteiger partial charge in [-0.25, -0.2) is 14.8 Å². The molecule has 3 heterocycles. The molecule has 0 bridgehead atoms. The average Bonchev–Trinajstić information content (AvgIpc) is 3.94. The van der Waals surface area contributed by atoms with Crippen molar-refractivity contribution in [1.82, 2.24) is 23.7 Å².